The molecule has 6 nitrogen and oxygen atoms in total. The van der Waals surface area contributed by atoms with Gasteiger partial charge < -0.3 is 14.6 Å². The van der Waals surface area contributed by atoms with Gasteiger partial charge in [-0.05, 0) is 37.1 Å². The van der Waals surface area contributed by atoms with Crippen LogP contribution in [-0.2, 0) is 16.0 Å². The number of carbonyl (C=O) groups is 1. The molecule has 0 radical (unpaired) electrons. The second-order valence-corrected chi connectivity index (χ2v) is 9.00. The number of nitrogens with zero attached hydrogens (tertiary/aromatic N) is 1. The van der Waals surface area contributed by atoms with E-state index in [-0.39, 0.29) is 49.5 Å². The van der Waals surface area contributed by atoms with Gasteiger partial charge in [-0.25, -0.2) is 13.4 Å². The normalized spacial score (nSPS) is 12.2. The smallest absolute Gasteiger partial charge is 0.416 e. The molecule has 1 aromatic heterocycles. The van der Waals surface area contributed by atoms with Crippen LogP contribution in [0.15, 0.2) is 35.2 Å². The Kier molecular flexibility index (Phi) is 5.47. The molecule has 164 valence electrons. The van der Waals surface area contributed by atoms with E-state index in [0.717, 1.165) is 18.4 Å². The number of ether oxygens (including phenoxy) is 1. The van der Waals surface area contributed by atoms with Gasteiger partial charge in [-0.1, -0.05) is 12.1 Å². The lowest BCUT2D eigenvalue weighted by Gasteiger charge is -2.19. The average molecular weight is 452 g/mol. The molecular formula is C21H17F3NO5S-. The van der Waals surface area contributed by atoms with E-state index in [9.17, 15) is 31.5 Å². The second-order valence-electron chi connectivity index (χ2n) is 7.02. The number of pyridine rings is 1. The van der Waals surface area contributed by atoms with Gasteiger partial charge in [-0.2, -0.15) is 13.2 Å². The van der Waals surface area contributed by atoms with Crippen molar-refractivity contribution in [3.8, 4) is 17.0 Å². The molecule has 0 amide bonds. The van der Waals surface area contributed by atoms with Gasteiger partial charge in [0.05, 0.1) is 29.9 Å². The number of carboxylic acid groups (broad SMARTS) is 1. The topological polar surface area (TPSA) is 96.4 Å². The zero-order chi connectivity index (χ0) is 23.3. The monoisotopic (exact) mass is 452 g/mol. The summed E-state index contributed by atoms with van der Waals surface area (Å²) in [4.78, 5) is 16.1. The number of benzene rings is 2. The molecule has 1 heterocycles. The summed E-state index contributed by atoms with van der Waals surface area (Å²) in [5.74, 6) is -1.68. The van der Waals surface area contributed by atoms with Crippen LogP contribution in [0.1, 0.15) is 27.0 Å². The second kappa shape index (κ2) is 7.52. The quantitative estimate of drug-likeness (QED) is 0.603. The van der Waals surface area contributed by atoms with Crippen molar-refractivity contribution in [3.63, 3.8) is 0 Å². The lowest BCUT2D eigenvalue weighted by atomic mass is 9.93. The van der Waals surface area contributed by atoms with E-state index in [2.05, 4.69) is 4.98 Å². The molecule has 0 unspecified atom stereocenters. The van der Waals surface area contributed by atoms with Crippen LogP contribution in [0.5, 0.6) is 5.75 Å². The summed E-state index contributed by atoms with van der Waals surface area (Å²) >= 11 is 0. The predicted octanol–water partition coefficient (Wildman–Crippen LogP) is 3.31. The van der Waals surface area contributed by atoms with E-state index in [1.165, 1.54) is 39.2 Å². The van der Waals surface area contributed by atoms with Gasteiger partial charge in [0.25, 0.3) is 0 Å². The fraction of sp³-hybridized carbons (Fsp3) is 0.238. The van der Waals surface area contributed by atoms with E-state index in [1.54, 1.807) is 0 Å². The Morgan fingerprint density at radius 1 is 1.13 bits per heavy atom. The summed E-state index contributed by atoms with van der Waals surface area (Å²) in [6, 6.07) is 5.91. The summed E-state index contributed by atoms with van der Waals surface area (Å²) in [5.41, 5.74) is -1.13. The number of halogens is 3. The molecule has 0 N–H and O–H groups in total. The Morgan fingerprint density at radius 3 is 2.29 bits per heavy atom. The van der Waals surface area contributed by atoms with Gasteiger partial charge in [0.15, 0.2) is 9.84 Å². The molecule has 0 aliphatic heterocycles. The van der Waals surface area contributed by atoms with Gasteiger partial charge in [-0.15, -0.1) is 0 Å². The van der Waals surface area contributed by atoms with Crippen LogP contribution in [-0.4, -0.2) is 32.7 Å². The number of sulfone groups is 1. The third-order valence-corrected chi connectivity index (χ3v) is 6.13. The van der Waals surface area contributed by atoms with E-state index in [0.29, 0.717) is 0 Å². The van der Waals surface area contributed by atoms with Crippen molar-refractivity contribution in [3.05, 3.63) is 52.6 Å². The van der Waals surface area contributed by atoms with Crippen LogP contribution in [0.4, 0.5) is 13.2 Å². The van der Waals surface area contributed by atoms with E-state index >= 15 is 0 Å². The highest BCUT2D eigenvalue weighted by molar-refractivity contribution is 7.90. The fourth-order valence-corrected chi connectivity index (χ4v) is 4.38. The van der Waals surface area contributed by atoms with Crippen LogP contribution in [0.2, 0.25) is 0 Å². The first-order chi connectivity index (χ1) is 14.3. The minimum Gasteiger partial charge on any atom is -0.545 e. The summed E-state index contributed by atoms with van der Waals surface area (Å²) in [5, 5.41) is 11.9. The Labute approximate surface area is 176 Å². The highest BCUT2D eigenvalue weighted by atomic mass is 32.2. The number of fused-ring (bicyclic) bond motifs is 1. The molecule has 0 bridgehead atoms. The molecular weight excluding hydrogens is 435 g/mol. The summed E-state index contributed by atoms with van der Waals surface area (Å²) in [6.07, 6.45) is -3.66. The van der Waals surface area contributed by atoms with Crippen LogP contribution in [0, 0.1) is 13.8 Å². The summed E-state index contributed by atoms with van der Waals surface area (Å²) in [7, 11) is -2.54. The molecule has 2 aromatic carbocycles. The molecule has 3 rings (SSSR count). The zero-order valence-corrected chi connectivity index (χ0v) is 17.7. The molecule has 0 aliphatic carbocycles. The van der Waals surface area contributed by atoms with E-state index in [1.807, 2.05) is 0 Å². The van der Waals surface area contributed by atoms with Crippen molar-refractivity contribution in [2.24, 2.45) is 0 Å². The number of rotatable bonds is 4. The molecule has 0 saturated heterocycles. The van der Waals surface area contributed by atoms with Crippen LogP contribution >= 0.6 is 0 Å². The van der Waals surface area contributed by atoms with Crippen molar-refractivity contribution < 1.29 is 36.2 Å². The first-order valence-electron chi connectivity index (χ1n) is 8.88. The molecule has 0 fully saturated rings. The molecule has 31 heavy (non-hydrogen) atoms. The molecule has 0 spiro atoms. The number of carboxylic acids is 1. The lowest BCUT2D eigenvalue weighted by Crippen LogP contribution is -2.24. The number of hydrogen-bond donors (Lipinski definition) is 0. The predicted molar refractivity (Wildman–Crippen MR) is 106 cm³/mol. The third kappa shape index (κ3) is 3.95. The van der Waals surface area contributed by atoms with Crippen molar-refractivity contribution in [1.29, 1.82) is 0 Å². The standard InChI is InChI=1S/C21H18F3NO5S/c1-10-12(6-5-7-14(10)21(22,23)24)19-11(2)18(20(26)27)13-8-17(31(4,28)29)16(30-3)9-15(13)25-19/h5-9H,1-4H3,(H,26,27)/p-1. The summed E-state index contributed by atoms with van der Waals surface area (Å²) in [6.45, 7) is 2.66. The van der Waals surface area contributed by atoms with Crippen molar-refractivity contribution in [1.82, 2.24) is 4.98 Å². The van der Waals surface area contributed by atoms with Gasteiger partial charge >= 0.3 is 6.18 Å². The molecule has 0 atom stereocenters. The maximum absolute atomic E-state index is 13.4. The molecule has 3 aromatic rings. The minimum atomic E-state index is -4.60. The zero-order valence-electron chi connectivity index (χ0n) is 16.9. The van der Waals surface area contributed by atoms with Crippen molar-refractivity contribution in [2.45, 2.75) is 24.9 Å². The minimum absolute atomic E-state index is 0.0180. The van der Waals surface area contributed by atoms with Gasteiger partial charge in [0, 0.05) is 28.8 Å². The largest absolute Gasteiger partial charge is 0.545 e. The molecule has 0 saturated carbocycles. The van der Waals surface area contributed by atoms with E-state index in [4.69, 9.17) is 4.74 Å². The van der Waals surface area contributed by atoms with Crippen molar-refractivity contribution >= 4 is 26.7 Å². The number of methoxy groups -OCH3 is 1. The number of hydrogen-bond acceptors (Lipinski definition) is 6. The molecule has 0 aliphatic rings. The maximum atomic E-state index is 13.4. The van der Waals surface area contributed by atoms with Crippen molar-refractivity contribution in [2.75, 3.05) is 13.4 Å². The fourth-order valence-electron chi connectivity index (χ4n) is 3.54. The van der Waals surface area contributed by atoms with Crippen LogP contribution in [0.25, 0.3) is 22.2 Å². The Bertz CT molecular complexity index is 1330. The highest BCUT2D eigenvalue weighted by Crippen LogP contribution is 2.39. The number of alkyl halides is 3. The Balaban J connectivity index is 2.47. The van der Waals surface area contributed by atoms with Gasteiger partial charge in [0.1, 0.15) is 10.6 Å². The third-order valence-electron chi connectivity index (χ3n) is 5.01. The number of carbonyl (C=O) groups excluding carboxylic acids is 1. The molecule has 10 heteroatoms. The number of aromatic carboxylic acids is 1. The Hall–Kier alpha value is -3.14. The average Bonchev–Trinajstić information content (AvgIpc) is 2.65. The van der Waals surface area contributed by atoms with Crippen LogP contribution < -0.4 is 9.84 Å². The first-order valence-corrected chi connectivity index (χ1v) is 10.8. The van der Waals surface area contributed by atoms with Crippen LogP contribution in [0.3, 0.4) is 0 Å². The highest BCUT2D eigenvalue weighted by Gasteiger charge is 2.33. The SMILES string of the molecule is COc1cc2nc(-c3cccc(C(F)(F)F)c3C)c(C)c(C(=O)[O-])c2cc1S(C)(=O)=O. The summed E-state index contributed by atoms with van der Waals surface area (Å²) < 4.78 is 69.4. The Morgan fingerprint density at radius 2 is 1.77 bits per heavy atom. The van der Waals surface area contributed by atoms with Gasteiger partial charge in [-0.3, -0.25) is 0 Å². The van der Waals surface area contributed by atoms with Gasteiger partial charge in [0.2, 0.25) is 0 Å². The maximum Gasteiger partial charge on any atom is 0.416 e. The van der Waals surface area contributed by atoms with E-state index < -0.39 is 27.5 Å². The lowest BCUT2D eigenvalue weighted by molar-refractivity contribution is -0.254. The first kappa shape index (κ1) is 22.5. The number of aromatic nitrogens is 1.